The number of H-pyrrole nitrogens is 1. The fourth-order valence-corrected chi connectivity index (χ4v) is 5.66. The van der Waals surface area contributed by atoms with Crippen LogP contribution in [0, 0.1) is 30.4 Å². The van der Waals surface area contributed by atoms with Gasteiger partial charge in [0.15, 0.2) is 17.9 Å². The van der Waals surface area contributed by atoms with Crippen LogP contribution in [0.2, 0.25) is 0 Å². The van der Waals surface area contributed by atoms with Gasteiger partial charge in [0, 0.05) is 29.1 Å². The first kappa shape index (κ1) is 23.0. The Morgan fingerprint density at radius 1 is 1.31 bits per heavy atom. The normalized spacial score (nSPS) is 24.0. The highest BCUT2D eigenvalue weighted by atomic mass is 19.2. The summed E-state index contributed by atoms with van der Waals surface area (Å²) >= 11 is 0. The van der Waals surface area contributed by atoms with E-state index in [0.29, 0.717) is 40.8 Å². The zero-order valence-electron chi connectivity index (χ0n) is 19.5. The maximum atomic E-state index is 13.7. The maximum absolute atomic E-state index is 13.7. The predicted molar refractivity (Wildman–Crippen MR) is 121 cm³/mol. The van der Waals surface area contributed by atoms with Crippen LogP contribution in [-0.2, 0) is 16.7 Å². The molecule has 12 heteroatoms. The zero-order valence-corrected chi connectivity index (χ0v) is 19.5. The van der Waals surface area contributed by atoms with Crippen molar-refractivity contribution in [3.05, 3.63) is 64.2 Å². The number of halogens is 2. The number of anilines is 1. The van der Waals surface area contributed by atoms with Crippen LogP contribution in [0.3, 0.4) is 0 Å². The van der Waals surface area contributed by atoms with Gasteiger partial charge in [-0.25, -0.2) is 8.78 Å². The maximum Gasteiger partial charge on any atom is 0.272 e. The molecule has 2 aliphatic heterocycles. The number of Topliss-reactive ketones (excluding diaryl/α,β-unsaturated/α-hetero) is 1. The third-order valence-electron chi connectivity index (χ3n) is 7.69. The van der Waals surface area contributed by atoms with Crippen molar-refractivity contribution in [3.8, 4) is 0 Å². The van der Waals surface area contributed by atoms with Crippen LogP contribution in [-0.4, -0.2) is 56.2 Å². The first-order chi connectivity index (χ1) is 17.2. The molecular formula is C24H24F2N6O4. The summed E-state index contributed by atoms with van der Waals surface area (Å²) < 4.78 is 34.2. The second-order valence-electron chi connectivity index (χ2n) is 9.81. The van der Waals surface area contributed by atoms with Gasteiger partial charge in [-0.15, -0.1) is 0 Å². The van der Waals surface area contributed by atoms with Crippen LogP contribution in [0.1, 0.15) is 50.8 Å². The molecule has 2 fully saturated rings. The van der Waals surface area contributed by atoms with E-state index in [-0.39, 0.29) is 30.6 Å². The first-order valence-corrected chi connectivity index (χ1v) is 11.7. The summed E-state index contributed by atoms with van der Waals surface area (Å²) in [5.41, 5.74) is 1.45. The van der Waals surface area contributed by atoms with E-state index in [1.165, 1.54) is 12.3 Å². The van der Waals surface area contributed by atoms with Crippen molar-refractivity contribution < 1.29 is 28.2 Å². The number of amides is 1. The Hall–Kier alpha value is -3.48. The lowest BCUT2D eigenvalue weighted by molar-refractivity contribution is -0.0987. The number of aliphatic hydroxyl groups excluding tert-OH is 1. The summed E-state index contributed by atoms with van der Waals surface area (Å²) in [5.74, 6) is -2.55. The minimum atomic E-state index is -1.58. The SMILES string of the molecule is Cc1c(C(=O)C(O)NC2(c3cn[nH]n3)COC2)c2n(c1C(=O)Nc1ccc(F)c(F)c1)[C@@H]1[C@H](C)[C@@H]1C2. The molecule has 1 aromatic carbocycles. The molecule has 188 valence electrons. The number of ether oxygens (including phenoxy) is 1. The van der Waals surface area contributed by atoms with Crippen LogP contribution in [0.5, 0.6) is 0 Å². The van der Waals surface area contributed by atoms with Crippen LogP contribution < -0.4 is 10.6 Å². The van der Waals surface area contributed by atoms with Crippen molar-refractivity contribution in [1.82, 2.24) is 25.3 Å². The molecular weight excluding hydrogens is 474 g/mol. The molecule has 10 nitrogen and oxygen atoms in total. The predicted octanol–water partition coefficient (Wildman–Crippen LogP) is 1.82. The van der Waals surface area contributed by atoms with E-state index < -0.39 is 35.1 Å². The highest BCUT2D eigenvalue weighted by Gasteiger charge is 2.56. The number of nitrogens with zero attached hydrogens (tertiary/aromatic N) is 3. The average molecular weight is 498 g/mol. The Kier molecular flexibility index (Phi) is 5.11. The van der Waals surface area contributed by atoms with Crippen molar-refractivity contribution in [1.29, 1.82) is 0 Å². The molecule has 0 bridgehead atoms. The van der Waals surface area contributed by atoms with Crippen molar-refractivity contribution in [2.75, 3.05) is 18.5 Å². The summed E-state index contributed by atoms with van der Waals surface area (Å²) in [5, 5.41) is 26.9. The number of carbonyl (C=O) groups is 2. The molecule has 3 aromatic rings. The number of benzene rings is 1. The van der Waals surface area contributed by atoms with E-state index in [0.717, 1.165) is 12.1 Å². The lowest BCUT2D eigenvalue weighted by Crippen LogP contribution is -2.62. The van der Waals surface area contributed by atoms with Gasteiger partial charge in [0.25, 0.3) is 5.91 Å². The number of aromatic amines is 1. The molecule has 1 amide bonds. The molecule has 1 saturated carbocycles. The van der Waals surface area contributed by atoms with Gasteiger partial charge in [-0.2, -0.15) is 15.4 Å². The number of aromatic nitrogens is 4. The minimum Gasteiger partial charge on any atom is -0.377 e. The minimum absolute atomic E-state index is 0.0672. The summed E-state index contributed by atoms with van der Waals surface area (Å²) in [6.07, 6.45) is 0.535. The molecule has 1 aliphatic carbocycles. The number of rotatable bonds is 7. The summed E-state index contributed by atoms with van der Waals surface area (Å²) in [7, 11) is 0. The van der Waals surface area contributed by atoms with E-state index in [4.69, 9.17) is 4.74 Å². The first-order valence-electron chi connectivity index (χ1n) is 11.7. The highest BCUT2D eigenvalue weighted by molar-refractivity contribution is 6.09. The molecule has 6 rings (SSSR count). The fraction of sp³-hybridized carbons (Fsp3) is 0.417. The van der Waals surface area contributed by atoms with Crippen LogP contribution in [0.25, 0.3) is 0 Å². The number of hydrogen-bond donors (Lipinski definition) is 4. The number of fused-ring (bicyclic) bond motifs is 3. The smallest absolute Gasteiger partial charge is 0.272 e. The molecule has 1 saturated heterocycles. The number of carbonyl (C=O) groups excluding carboxylic acids is 2. The Morgan fingerprint density at radius 3 is 2.72 bits per heavy atom. The quantitative estimate of drug-likeness (QED) is 0.288. The van der Waals surface area contributed by atoms with Crippen molar-refractivity contribution in [2.45, 2.75) is 38.1 Å². The fourth-order valence-electron chi connectivity index (χ4n) is 5.66. The third kappa shape index (κ3) is 3.32. The topological polar surface area (TPSA) is 134 Å². The third-order valence-corrected chi connectivity index (χ3v) is 7.69. The average Bonchev–Trinajstić information content (AvgIpc) is 3.24. The van der Waals surface area contributed by atoms with Gasteiger partial charge in [0.2, 0.25) is 5.78 Å². The summed E-state index contributed by atoms with van der Waals surface area (Å²) in [6.45, 7) is 4.16. The molecule has 4 heterocycles. The summed E-state index contributed by atoms with van der Waals surface area (Å²) in [4.78, 5) is 26.9. The van der Waals surface area contributed by atoms with E-state index in [1.807, 2.05) is 4.57 Å². The van der Waals surface area contributed by atoms with Crippen molar-refractivity contribution >= 4 is 17.4 Å². The molecule has 36 heavy (non-hydrogen) atoms. The molecule has 2 aromatic heterocycles. The molecule has 3 aliphatic rings. The van der Waals surface area contributed by atoms with Crippen LogP contribution in [0.4, 0.5) is 14.5 Å². The molecule has 1 unspecified atom stereocenters. The van der Waals surface area contributed by atoms with Crippen molar-refractivity contribution in [2.24, 2.45) is 11.8 Å². The van der Waals surface area contributed by atoms with Gasteiger partial charge in [-0.1, -0.05) is 6.92 Å². The van der Waals surface area contributed by atoms with Gasteiger partial charge < -0.3 is 19.7 Å². The summed E-state index contributed by atoms with van der Waals surface area (Å²) in [6, 6.07) is 3.18. The number of hydrogen-bond acceptors (Lipinski definition) is 7. The number of nitrogens with one attached hydrogen (secondary N) is 3. The van der Waals surface area contributed by atoms with Gasteiger partial charge in [0.05, 0.1) is 19.4 Å². The van der Waals surface area contributed by atoms with E-state index in [9.17, 15) is 23.5 Å². The standard InChI is InChI=1S/C24H24F2N6O4/c1-10-13-6-16-18(21(33)23(35)29-24(8-36-9-24)17-7-27-31-30-17)11(2)20(32(16)19(10)13)22(34)28-12-3-4-14(25)15(26)5-12/h3-5,7,10,13,19,23,29,35H,6,8-9H2,1-2H3,(H,28,34)(H,27,30,31)/t10-,13+,19-,23?/m1/s1. The Labute approximate surface area is 204 Å². The second kappa shape index (κ2) is 8.02. The molecule has 0 radical (unpaired) electrons. The van der Waals surface area contributed by atoms with E-state index in [2.05, 4.69) is 33.0 Å². The van der Waals surface area contributed by atoms with Gasteiger partial charge in [0.1, 0.15) is 16.9 Å². The van der Waals surface area contributed by atoms with Gasteiger partial charge >= 0.3 is 0 Å². The Morgan fingerprint density at radius 2 is 2.08 bits per heavy atom. The number of aliphatic hydroxyl groups is 1. The van der Waals surface area contributed by atoms with E-state index in [1.54, 1.807) is 6.92 Å². The largest absolute Gasteiger partial charge is 0.377 e. The second-order valence-corrected chi connectivity index (χ2v) is 9.81. The lowest BCUT2D eigenvalue weighted by atomic mass is 9.92. The Bertz CT molecular complexity index is 1380. The van der Waals surface area contributed by atoms with Gasteiger partial charge in [-0.3, -0.25) is 14.9 Å². The molecule has 0 spiro atoms. The van der Waals surface area contributed by atoms with Crippen molar-refractivity contribution in [3.63, 3.8) is 0 Å². The van der Waals surface area contributed by atoms with Gasteiger partial charge in [-0.05, 0) is 42.9 Å². The number of ketones is 1. The van der Waals surface area contributed by atoms with E-state index >= 15 is 0 Å². The Balaban J connectivity index is 1.32. The highest BCUT2D eigenvalue weighted by Crippen LogP contribution is 2.59. The zero-order chi connectivity index (χ0) is 25.4. The lowest BCUT2D eigenvalue weighted by Gasteiger charge is -2.41. The van der Waals surface area contributed by atoms with Crippen LogP contribution >= 0.6 is 0 Å². The monoisotopic (exact) mass is 498 g/mol. The molecule has 4 N–H and O–H groups in total. The molecule has 4 atom stereocenters. The van der Waals surface area contributed by atoms with Crippen LogP contribution in [0.15, 0.2) is 24.4 Å².